The first kappa shape index (κ1) is 24.2. The van der Waals surface area contributed by atoms with Gasteiger partial charge < -0.3 is 18.9 Å². The van der Waals surface area contributed by atoms with Gasteiger partial charge in [-0.15, -0.1) is 0 Å². The Kier molecular flexibility index (Phi) is 6.14. The molecular weight excluding hydrogens is 460 g/mol. The summed E-state index contributed by atoms with van der Waals surface area (Å²) in [4.78, 5) is 34.1. The first-order valence-corrected chi connectivity index (χ1v) is 12.3. The fraction of sp³-hybridized carbons (Fsp3) is 0.464. The van der Waals surface area contributed by atoms with Crippen LogP contribution >= 0.6 is 0 Å². The number of anilines is 1. The highest BCUT2D eigenvalue weighted by molar-refractivity contribution is 6.17. The van der Waals surface area contributed by atoms with Crippen LogP contribution in [-0.4, -0.2) is 44.1 Å². The van der Waals surface area contributed by atoms with E-state index in [4.69, 9.17) is 18.9 Å². The second kappa shape index (κ2) is 9.15. The molecule has 1 aromatic heterocycles. The molecule has 2 aromatic rings. The molecule has 3 aliphatic rings. The van der Waals surface area contributed by atoms with Crippen LogP contribution in [0.3, 0.4) is 0 Å². The van der Waals surface area contributed by atoms with Crippen molar-refractivity contribution in [3.8, 4) is 17.2 Å². The van der Waals surface area contributed by atoms with Crippen molar-refractivity contribution in [2.75, 3.05) is 26.2 Å². The Hall–Kier alpha value is -3.55. The maximum absolute atomic E-state index is 14.1. The highest BCUT2D eigenvalue weighted by Crippen LogP contribution is 2.51. The number of amides is 1. The Balaban J connectivity index is 1.70. The molecule has 0 saturated heterocycles. The maximum atomic E-state index is 14.1. The molecule has 1 aromatic carbocycles. The van der Waals surface area contributed by atoms with E-state index in [1.54, 1.807) is 23.1 Å². The van der Waals surface area contributed by atoms with Crippen molar-refractivity contribution in [1.82, 2.24) is 4.98 Å². The van der Waals surface area contributed by atoms with Crippen molar-refractivity contribution < 1.29 is 28.5 Å². The lowest BCUT2D eigenvalue weighted by Crippen LogP contribution is -2.43. The summed E-state index contributed by atoms with van der Waals surface area (Å²) in [6.07, 6.45) is 1.19. The van der Waals surface area contributed by atoms with Crippen molar-refractivity contribution in [2.45, 2.75) is 45.8 Å². The number of carbonyl (C=O) groups is 2. The summed E-state index contributed by atoms with van der Waals surface area (Å²) in [5, 5.41) is 0. The highest BCUT2D eigenvalue weighted by atomic mass is 16.5. The molecule has 1 amide bonds. The molecule has 1 saturated carbocycles. The fourth-order valence-electron chi connectivity index (χ4n) is 5.73. The average Bonchev–Trinajstić information content (AvgIpc) is 3.16. The summed E-state index contributed by atoms with van der Waals surface area (Å²) in [7, 11) is 4.61. The number of Topliss-reactive ketones (excluding diaryl/α,β-unsaturated/α-hetero) is 1. The Morgan fingerprint density at radius 3 is 2.25 bits per heavy atom. The van der Waals surface area contributed by atoms with Crippen LogP contribution in [0.25, 0.3) is 0 Å². The van der Waals surface area contributed by atoms with Gasteiger partial charge in [0.2, 0.25) is 5.75 Å². The first-order chi connectivity index (χ1) is 17.3. The molecule has 5 rings (SSSR count). The van der Waals surface area contributed by atoms with E-state index in [1.165, 1.54) is 21.3 Å². The molecule has 0 N–H and O–H groups in total. The minimum Gasteiger partial charge on any atom is -0.493 e. The van der Waals surface area contributed by atoms with E-state index in [0.29, 0.717) is 46.0 Å². The predicted octanol–water partition coefficient (Wildman–Crippen LogP) is 4.41. The van der Waals surface area contributed by atoms with Crippen molar-refractivity contribution >= 4 is 17.5 Å². The smallest absolute Gasteiger partial charge is 0.295 e. The monoisotopic (exact) mass is 492 g/mol. The Morgan fingerprint density at radius 1 is 0.972 bits per heavy atom. The van der Waals surface area contributed by atoms with Gasteiger partial charge in [0.15, 0.2) is 23.0 Å². The van der Waals surface area contributed by atoms with Gasteiger partial charge in [-0.05, 0) is 61.4 Å². The topological polar surface area (TPSA) is 87.2 Å². The number of carbonyl (C=O) groups excluding carboxylic acids is 2. The SMILES string of the molecule is COc1cc(C2C3=C(OC4CC(C)C(C)CC4C3=O)C(=O)N2c2cccc(C)n2)cc(OC)c1OC. The van der Waals surface area contributed by atoms with E-state index in [1.807, 2.05) is 19.1 Å². The number of aromatic nitrogens is 1. The van der Waals surface area contributed by atoms with E-state index in [0.717, 1.165) is 18.5 Å². The second-order valence-corrected chi connectivity index (χ2v) is 9.97. The van der Waals surface area contributed by atoms with Gasteiger partial charge >= 0.3 is 0 Å². The third-order valence-corrected chi connectivity index (χ3v) is 7.83. The number of nitrogens with zero attached hydrogens (tertiary/aromatic N) is 2. The third-order valence-electron chi connectivity index (χ3n) is 7.83. The van der Waals surface area contributed by atoms with Crippen molar-refractivity contribution in [1.29, 1.82) is 0 Å². The number of methoxy groups -OCH3 is 3. The fourth-order valence-corrected chi connectivity index (χ4v) is 5.73. The van der Waals surface area contributed by atoms with E-state index in [9.17, 15) is 9.59 Å². The molecule has 8 heteroatoms. The molecule has 0 bridgehead atoms. The number of fused-ring (bicyclic) bond motifs is 1. The number of benzene rings is 1. The lowest BCUT2D eigenvalue weighted by Gasteiger charge is -2.40. The summed E-state index contributed by atoms with van der Waals surface area (Å²) in [5.74, 6) is 2.04. The van der Waals surface area contributed by atoms with Gasteiger partial charge in [-0.25, -0.2) is 4.98 Å². The molecule has 36 heavy (non-hydrogen) atoms. The van der Waals surface area contributed by atoms with Gasteiger partial charge in [-0.3, -0.25) is 14.5 Å². The summed E-state index contributed by atoms with van der Waals surface area (Å²) in [6, 6.07) is 8.31. The van der Waals surface area contributed by atoms with Crippen LogP contribution in [0, 0.1) is 24.7 Å². The number of ketones is 1. The van der Waals surface area contributed by atoms with E-state index in [-0.39, 0.29) is 29.5 Å². The van der Waals surface area contributed by atoms with Crippen molar-refractivity contribution in [3.63, 3.8) is 0 Å². The molecule has 5 unspecified atom stereocenters. The Labute approximate surface area is 211 Å². The number of pyridine rings is 1. The van der Waals surface area contributed by atoms with Gasteiger partial charge in [-0.1, -0.05) is 19.9 Å². The van der Waals surface area contributed by atoms with E-state index >= 15 is 0 Å². The van der Waals surface area contributed by atoms with E-state index < -0.39 is 6.04 Å². The number of hydrogen-bond donors (Lipinski definition) is 0. The summed E-state index contributed by atoms with van der Waals surface area (Å²) >= 11 is 0. The molecule has 3 heterocycles. The molecule has 0 radical (unpaired) electrons. The van der Waals surface area contributed by atoms with Gasteiger partial charge in [0.25, 0.3) is 5.91 Å². The van der Waals surface area contributed by atoms with Crippen molar-refractivity contribution in [3.05, 3.63) is 52.9 Å². The second-order valence-electron chi connectivity index (χ2n) is 9.97. The zero-order chi connectivity index (χ0) is 25.7. The van der Waals surface area contributed by atoms with E-state index in [2.05, 4.69) is 18.8 Å². The van der Waals surface area contributed by atoms with Crippen LogP contribution in [-0.2, 0) is 14.3 Å². The molecular formula is C28H32N2O6. The van der Waals surface area contributed by atoms with Gasteiger partial charge in [0.1, 0.15) is 11.9 Å². The van der Waals surface area contributed by atoms with Crippen LogP contribution in [0.4, 0.5) is 5.82 Å². The Morgan fingerprint density at radius 2 is 1.64 bits per heavy atom. The highest BCUT2D eigenvalue weighted by Gasteiger charge is 2.54. The first-order valence-electron chi connectivity index (χ1n) is 12.3. The molecule has 190 valence electrons. The van der Waals surface area contributed by atoms with Crippen LogP contribution < -0.4 is 19.1 Å². The summed E-state index contributed by atoms with van der Waals surface area (Å²) < 4.78 is 23.0. The minimum atomic E-state index is -0.737. The number of ether oxygens (including phenoxy) is 4. The molecule has 1 aliphatic carbocycles. The maximum Gasteiger partial charge on any atom is 0.295 e. The number of aryl methyl sites for hydroxylation is 1. The van der Waals surface area contributed by atoms with Crippen molar-refractivity contribution in [2.24, 2.45) is 17.8 Å². The third kappa shape index (κ3) is 3.70. The lowest BCUT2D eigenvalue weighted by molar-refractivity contribution is -0.134. The standard InChI is InChI=1S/C28H32N2O6/c1-14-10-18-19(11-15(14)2)36-27-23(25(18)31)24(30(28(27)32)22-9-7-8-16(3)29-22)17-12-20(33-4)26(35-6)21(13-17)34-5/h7-9,12-15,18-19,24H,10-11H2,1-6H3. The van der Waals surface area contributed by atoms with Crippen LogP contribution in [0.2, 0.25) is 0 Å². The van der Waals surface area contributed by atoms with Gasteiger partial charge in [0, 0.05) is 5.69 Å². The summed E-state index contributed by atoms with van der Waals surface area (Å²) in [6.45, 7) is 6.22. The predicted molar refractivity (Wildman–Crippen MR) is 133 cm³/mol. The van der Waals surface area contributed by atoms with Crippen LogP contribution in [0.15, 0.2) is 41.7 Å². The molecule has 8 nitrogen and oxygen atoms in total. The zero-order valence-electron chi connectivity index (χ0n) is 21.5. The largest absolute Gasteiger partial charge is 0.493 e. The minimum absolute atomic E-state index is 0.0257. The quantitative estimate of drug-likeness (QED) is 0.611. The van der Waals surface area contributed by atoms with Crippen LogP contribution in [0.5, 0.6) is 17.2 Å². The zero-order valence-corrected chi connectivity index (χ0v) is 21.5. The van der Waals surface area contributed by atoms with Gasteiger partial charge in [-0.2, -0.15) is 0 Å². The Bertz CT molecular complexity index is 1230. The van der Waals surface area contributed by atoms with Gasteiger partial charge in [0.05, 0.1) is 38.9 Å². The molecule has 5 atom stereocenters. The molecule has 0 spiro atoms. The summed E-state index contributed by atoms with van der Waals surface area (Å²) in [5.41, 5.74) is 1.79. The molecule has 2 aliphatic heterocycles. The number of hydrogen-bond acceptors (Lipinski definition) is 7. The number of rotatable bonds is 5. The molecule has 1 fully saturated rings. The normalized spacial score (nSPS) is 27.4. The lowest BCUT2D eigenvalue weighted by atomic mass is 9.70. The van der Waals surface area contributed by atoms with Crippen LogP contribution in [0.1, 0.15) is 44.0 Å². The average molecular weight is 493 g/mol.